The van der Waals surface area contributed by atoms with Crippen LogP contribution < -0.4 is 5.32 Å². The highest BCUT2D eigenvalue weighted by atomic mass is 32.2. The van der Waals surface area contributed by atoms with Crippen LogP contribution in [0.15, 0.2) is 29.2 Å². The summed E-state index contributed by atoms with van der Waals surface area (Å²) < 4.78 is 0. The quantitative estimate of drug-likeness (QED) is 0.843. The van der Waals surface area contributed by atoms with Crippen LogP contribution in [0.4, 0.5) is 0 Å². The molecule has 2 heterocycles. The zero-order valence-electron chi connectivity index (χ0n) is 11.1. The molecule has 3 rings (SSSR count). The predicted molar refractivity (Wildman–Crippen MR) is 78.0 cm³/mol. The number of piperidine rings is 1. The Labute approximate surface area is 114 Å². The van der Waals surface area contributed by atoms with E-state index in [-0.39, 0.29) is 0 Å². The Hall–Kier alpha value is -0.510. The number of fused-ring (bicyclic) bond motifs is 1. The first-order valence-corrected chi connectivity index (χ1v) is 8.16. The van der Waals surface area contributed by atoms with E-state index in [1.165, 1.54) is 42.9 Å². The molecule has 2 aliphatic heterocycles. The van der Waals surface area contributed by atoms with Crippen molar-refractivity contribution in [2.24, 2.45) is 5.92 Å². The van der Waals surface area contributed by atoms with Gasteiger partial charge >= 0.3 is 0 Å². The first-order valence-electron chi connectivity index (χ1n) is 6.94. The molecule has 2 fully saturated rings. The molecule has 0 bridgehead atoms. The van der Waals surface area contributed by atoms with Gasteiger partial charge in [0, 0.05) is 30.6 Å². The molecule has 0 aliphatic carbocycles. The lowest BCUT2D eigenvalue weighted by Crippen LogP contribution is -2.40. The summed E-state index contributed by atoms with van der Waals surface area (Å²) in [4.78, 5) is 3.97. The maximum absolute atomic E-state index is 3.67. The molecule has 2 saturated heterocycles. The van der Waals surface area contributed by atoms with Gasteiger partial charge in [0.15, 0.2) is 0 Å². The van der Waals surface area contributed by atoms with E-state index in [0.29, 0.717) is 0 Å². The van der Waals surface area contributed by atoms with Crippen molar-refractivity contribution >= 4 is 11.8 Å². The van der Waals surface area contributed by atoms with Crippen molar-refractivity contribution in [1.29, 1.82) is 0 Å². The molecule has 1 aromatic rings. The molecule has 1 aromatic carbocycles. The largest absolute Gasteiger partial charge is 0.312 e. The Balaban J connectivity index is 1.59. The molecule has 0 saturated carbocycles. The maximum atomic E-state index is 3.67. The van der Waals surface area contributed by atoms with Crippen LogP contribution in [0.5, 0.6) is 0 Å². The van der Waals surface area contributed by atoms with Crippen LogP contribution in [0, 0.1) is 5.92 Å². The number of likely N-dealkylation sites (tertiary alicyclic amines) is 1. The van der Waals surface area contributed by atoms with Crippen molar-refractivity contribution < 1.29 is 0 Å². The maximum Gasteiger partial charge on any atom is 0.0235 e. The third-order valence-electron chi connectivity index (χ3n) is 4.24. The summed E-state index contributed by atoms with van der Waals surface area (Å²) in [5.41, 5.74) is 1.45. The van der Waals surface area contributed by atoms with Gasteiger partial charge in [-0.3, -0.25) is 4.90 Å². The average Bonchev–Trinajstić information content (AvgIpc) is 2.82. The van der Waals surface area contributed by atoms with Crippen LogP contribution in [0.3, 0.4) is 0 Å². The van der Waals surface area contributed by atoms with Crippen LogP contribution in [-0.4, -0.2) is 36.8 Å². The van der Waals surface area contributed by atoms with E-state index in [1.54, 1.807) is 0 Å². The van der Waals surface area contributed by atoms with Crippen LogP contribution in [0.2, 0.25) is 0 Å². The second kappa shape index (κ2) is 5.64. The van der Waals surface area contributed by atoms with Gasteiger partial charge in [-0.1, -0.05) is 12.1 Å². The molecule has 2 atom stereocenters. The van der Waals surface area contributed by atoms with Crippen molar-refractivity contribution in [1.82, 2.24) is 10.2 Å². The third-order valence-corrected chi connectivity index (χ3v) is 4.98. The van der Waals surface area contributed by atoms with E-state index in [0.717, 1.165) is 18.5 Å². The lowest BCUT2D eigenvalue weighted by atomic mass is 9.94. The minimum Gasteiger partial charge on any atom is -0.312 e. The van der Waals surface area contributed by atoms with Gasteiger partial charge in [0.1, 0.15) is 0 Å². The van der Waals surface area contributed by atoms with Gasteiger partial charge in [0.05, 0.1) is 0 Å². The van der Waals surface area contributed by atoms with Crippen molar-refractivity contribution in [3.05, 3.63) is 29.8 Å². The summed E-state index contributed by atoms with van der Waals surface area (Å²) in [6, 6.07) is 9.79. The summed E-state index contributed by atoms with van der Waals surface area (Å²) in [6.45, 7) is 4.84. The summed E-state index contributed by atoms with van der Waals surface area (Å²) >= 11 is 1.81. The number of benzene rings is 1. The second-order valence-corrected chi connectivity index (χ2v) is 6.38. The van der Waals surface area contributed by atoms with Crippen LogP contribution in [0.25, 0.3) is 0 Å². The summed E-state index contributed by atoms with van der Waals surface area (Å²) in [7, 11) is 0. The molecule has 0 amide bonds. The first-order chi connectivity index (χ1) is 8.85. The highest BCUT2D eigenvalue weighted by Crippen LogP contribution is 2.26. The fourth-order valence-electron chi connectivity index (χ4n) is 3.25. The molecule has 98 valence electrons. The van der Waals surface area contributed by atoms with E-state index in [9.17, 15) is 0 Å². The number of nitrogens with zero attached hydrogens (tertiary/aromatic N) is 1. The molecule has 0 spiro atoms. The van der Waals surface area contributed by atoms with Gasteiger partial charge in [-0.25, -0.2) is 0 Å². The monoisotopic (exact) mass is 262 g/mol. The molecule has 0 unspecified atom stereocenters. The zero-order chi connectivity index (χ0) is 12.4. The Kier molecular flexibility index (Phi) is 3.92. The molecule has 0 aromatic heterocycles. The van der Waals surface area contributed by atoms with Gasteiger partial charge in [0.2, 0.25) is 0 Å². The normalized spacial score (nSPS) is 28.3. The predicted octanol–water partition coefficient (Wildman–Crippen LogP) is 2.59. The van der Waals surface area contributed by atoms with Crippen molar-refractivity contribution in [2.45, 2.75) is 30.3 Å². The van der Waals surface area contributed by atoms with E-state index >= 15 is 0 Å². The molecule has 0 radical (unpaired) electrons. The number of hydrogen-bond acceptors (Lipinski definition) is 3. The minimum absolute atomic E-state index is 0.754. The molecular weight excluding hydrogens is 240 g/mol. The Morgan fingerprint density at radius 3 is 2.83 bits per heavy atom. The second-order valence-electron chi connectivity index (χ2n) is 5.51. The van der Waals surface area contributed by atoms with Crippen LogP contribution in [0.1, 0.15) is 18.4 Å². The topological polar surface area (TPSA) is 15.3 Å². The highest BCUT2D eigenvalue weighted by molar-refractivity contribution is 7.98. The number of rotatable bonds is 3. The lowest BCUT2D eigenvalue weighted by molar-refractivity contribution is 0.312. The Morgan fingerprint density at radius 2 is 2.11 bits per heavy atom. The highest BCUT2D eigenvalue weighted by Gasteiger charge is 2.33. The fraction of sp³-hybridized carbons (Fsp3) is 0.600. The van der Waals surface area contributed by atoms with Crippen LogP contribution in [-0.2, 0) is 6.54 Å². The number of hydrogen-bond donors (Lipinski definition) is 1. The van der Waals surface area contributed by atoms with Gasteiger partial charge < -0.3 is 5.32 Å². The van der Waals surface area contributed by atoms with Gasteiger partial charge in [-0.15, -0.1) is 11.8 Å². The summed E-state index contributed by atoms with van der Waals surface area (Å²) in [5.74, 6) is 0.893. The standard InChI is InChI=1S/C15H22N2S/c1-18-14-6-4-12(5-7-14)9-17-10-13-3-2-8-16-15(13)11-17/h4-7,13,15-16H,2-3,8-11H2,1H3/t13-,15+/m0/s1. The van der Waals surface area contributed by atoms with Crippen LogP contribution >= 0.6 is 11.8 Å². The van der Waals surface area contributed by atoms with Crippen molar-refractivity contribution in [3.63, 3.8) is 0 Å². The zero-order valence-corrected chi connectivity index (χ0v) is 11.9. The van der Waals surface area contributed by atoms with Gasteiger partial charge in [0.25, 0.3) is 0 Å². The molecular formula is C15H22N2S. The van der Waals surface area contributed by atoms with Gasteiger partial charge in [-0.05, 0) is 49.3 Å². The van der Waals surface area contributed by atoms with E-state index in [4.69, 9.17) is 0 Å². The molecule has 18 heavy (non-hydrogen) atoms. The molecule has 1 N–H and O–H groups in total. The average molecular weight is 262 g/mol. The Bertz CT molecular complexity index is 376. The molecule has 2 aliphatic rings. The van der Waals surface area contributed by atoms with Crippen molar-refractivity contribution in [3.8, 4) is 0 Å². The van der Waals surface area contributed by atoms with E-state index in [2.05, 4.69) is 40.7 Å². The number of nitrogens with one attached hydrogen (secondary N) is 1. The summed E-state index contributed by atoms with van der Waals surface area (Å²) in [5, 5.41) is 3.67. The SMILES string of the molecule is CSc1ccc(CN2C[C@@H]3CCCN[C@@H]3C2)cc1. The van der Waals surface area contributed by atoms with E-state index < -0.39 is 0 Å². The van der Waals surface area contributed by atoms with Crippen molar-refractivity contribution in [2.75, 3.05) is 25.9 Å². The molecule has 2 nitrogen and oxygen atoms in total. The molecule has 3 heteroatoms. The van der Waals surface area contributed by atoms with E-state index in [1.807, 2.05) is 11.8 Å². The fourth-order valence-corrected chi connectivity index (χ4v) is 3.66. The lowest BCUT2D eigenvalue weighted by Gasteiger charge is -2.24. The van der Waals surface area contributed by atoms with Gasteiger partial charge in [-0.2, -0.15) is 0 Å². The minimum atomic E-state index is 0.754. The smallest absolute Gasteiger partial charge is 0.0235 e. The Morgan fingerprint density at radius 1 is 1.28 bits per heavy atom. The number of thioether (sulfide) groups is 1. The first kappa shape index (κ1) is 12.5. The summed E-state index contributed by atoms with van der Waals surface area (Å²) in [6.07, 6.45) is 4.91. The third kappa shape index (κ3) is 2.73.